The summed E-state index contributed by atoms with van der Waals surface area (Å²) in [7, 11) is 0. The number of aromatic amines is 1. The number of aryl methyl sites for hydroxylation is 2. The smallest absolute Gasteiger partial charge is 0.416 e. The molecule has 14 heavy (non-hydrogen) atoms. The fourth-order valence-corrected chi connectivity index (χ4v) is 0.895. The van der Waals surface area contributed by atoms with Gasteiger partial charge in [0.25, 0.3) is 0 Å². The highest BCUT2D eigenvalue weighted by Gasteiger charge is 1.83. The fraction of sp³-hybridized carbons (Fsp3) is 0.182. The SMILES string of the molecule is Cc1ccccc1C.O=c1[nH]cco1. The van der Waals surface area contributed by atoms with E-state index in [1.54, 1.807) is 0 Å². The highest BCUT2D eigenvalue weighted by molar-refractivity contribution is 5.23. The van der Waals surface area contributed by atoms with Crippen LogP contribution in [0.25, 0.3) is 0 Å². The number of rotatable bonds is 0. The van der Waals surface area contributed by atoms with Crippen LogP contribution in [0.4, 0.5) is 0 Å². The molecule has 1 aromatic heterocycles. The van der Waals surface area contributed by atoms with E-state index in [9.17, 15) is 4.79 Å². The van der Waals surface area contributed by atoms with E-state index in [4.69, 9.17) is 0 Å². The van der Waals surface area contributed by atoms with Crippen LogP contribution in [0.1, 0.15) is 11.1 Å². The molecule has 0 atom stereocenters. The van der Waals surface area contributed by atoms with Gasteiger partial charge < -0.3 is 4.42 Å². The third kappa shape index (κ3) is 3.31. The molecule has 0 radical (unpaired) electrons. The average Bonchev–Trinajstić information content (AvgIpc) is 2.63. The quantitative estimate of drug-likeness (QED) is 0.694. The fourth-order valence-electron chi connectivity index (χ4n) is 0.895. The van der Waals surface area contributed by atoms with Crippen LogP contribution in [0.15, 0.2) is 45.9 Å². The standard InChI is InChI=1S/C8H10.C3H3NO2/c1-7-5-3-4-6-8(7)2;5-3-4-1-2-6-3/h3-6H,1-2H3;1-2H,(H,4,5). The second-order valence-electron chi connectivity index (χ2n) is 2.94. The minimum absolute atomic E-state index is 0.407. The molecule has 0 saturated heterocycles. The molecule has 2 rings (SSSR count). The molecule has 0 amide bonds. The van der Waals surface area contributed by atoms with Crippen LogP contribution >= 0.6 is 0 Å². The van der Waals surface area contributed by atoms with Gasteiger partial charge in [-0.3, -0.25) is 4.98 Å². The molecule has 1 heterocycles. The van der Waals surface area contributed by atoms with Crippen molar-refractivity contribution in [1.29, 1.82) is 0 Å². The van der Waals surface area contributed by atoms with Crippen molar-refractivity contribution in [3.63, 3.8) is 0 Å². The van der Waals surface area contributed by atoms with E-state index in [0.29, 0.717) is 0 Å². The zero-order valence-corrected chi connectivity index (χ0v) is 8.28. The van der Waals surface area contributed by atoms with E-state index >= 15 is 0 Å². The summed E-state index contributed by atoms with van der Waals surface area (Å²) in [4.78, 5) is 12.1. The van der Waals surface area contributed by atoms with Gasteiger partial charge in [-0.05, 0) is 25.0 Å². The predicted octanol–water partition coefficient (Wildman–Crippen LogP) is 2.27. The third-order valence-corrected chi connectivity index (χ3v) is 1.87. The first-order valence-corrected chi connectivity index (χ1v) is 4.34. The van der Waals surface area contributed by atoms with Crippen LogP contribution in [0.3, 0.4) is 0 Å². The van der Waals surface area contributed by atoms with E-state index in [2.05, 4.69) is 47.5 Å². The monoisotopic (exact) mass is 191 g/mol. The summed E-state index contributed by atoms with van der Waals surface area (Å²) < 4.78 is 4.22. The lowest BCUT2D eigenvalue weighted by Gasteiger charge is -1.93. The van der Waals surface area contributed by atoms with Crippen LogP contribution in [0.2, 0.25) is 0 Å². The van der Waals surface area contributed by atoms with Gasteiger partial charge in [-0.2, -0.15) is 0 Å². The molecule has 0 spiro atoms. The summed E-state index contributed by atoms with van der Waals surface area (Å²) >= 11 is 0. The summed E-state index contributed by atoms with van der Waals surface area (Å²) in [6.07, 6.45) is 2.73. The number of hydrogen-bond acceptors (Lipinski definition) is 2. The average molecular weight is 191 g/mol. The second kappa shape index (κ2) is 5.07. The minimum atomic E-state index is -0.407. The molecule has 0 fully saturated rings. The summed E-state index contributed by atoms with van der Waals surface area (Å²) in [6.45, 7) is 4.24. The van der Waals surface area contributed by atoms with Gasteiger partial charge in [0, 0.05) is 6.20 Å². The lowest BCUT2D eigenvalue weighted by Crippen LogP contribution is -1.91. The van der Waals surface area contributed by atoms with Crippen LogP contribution in [-0.2, 0) is 0 Å². The maximum absolute atomic E-state index is 9.85. The zero-order chi connectivity index (χ0) is 10.4. The summed E-state index contributed by atoms with van der Waals surface area (Å²) in [5, 5.41) is 0. The number of H-pyrrole nitrogens is 1. The normalized spacial score (nSPS) is 9.00. The van der Waals surface area contributed by atoms with Crippen molar-refractivity contribution in [2.24, 2.45) is 0 Å². The van der Waals surface area contributed by atoms with Crippen molar-refractivity contribution in [3.8, 4) is 0 Å². The van der Waals surface area contributed by atoms with Gasteiger partial charge in [0.05, 0.1) is 0 Å². The third-order valence-electron chi connectivity index (χ3n) is 1.87. The van der Waals surface area contributed by atoms with Gasteiger partial charge >= 0.3 is 5.76 Å². The molecule has 74 valence electrons. The van der Waals surface area contributed by atoms with Gasteiger partial charge in [-0.1, -0.05) is 24.3 Å². The first kappa shape index (κ1) is 10.3. The van der Waals surface area contributed by atoms with Crippen molar-refractivity contribution < 1.29 is 4.42 Å². The Kier molecular flexibility index (Phi) is 3.73. The van der Waals surface area contributed by atoms with Crippen molar-refractivity contribution in [3.05, 3.63) is 58.4 Å². The number of nitrogens with one attached hydrogen (secondary N) is 1. The topological polar surface area (TPSA) is 46.0 Å². The molecule has 0 aliphatic heterocycles. The summed E-state index contributed by atoms with van der Waals surface area (Å²) in [5.41, 5.74) is 2.74. The maximum Gasteiger partial charge on any atom is 0.416 e. The predicted molar refractivity (Wildman–Crippen MR) is 55.2 cm³/mol. The molecule has 2 aromatic rings. The summed E-state index contributed by atoms with van der Waals surface area (Å²) in [5.74, 6) is -0.407. The Morgan fingerprint density at radius 3 is 1.93 bits per heavy atom. The largest absolute Gasteiger partial charge is 0.417 e. The lowest BCUT2D eigenvalue weighted by molar-refractivity contribution is 0.515. The van der Waals surface area contributed by atoms with E-state index < -0.39 is 5.76 Å². The molecule has 3 heteroatoms. The van der Waals surface area contributed by atoms with E-state index in [1.807, 2.05) is 0 Å². The molecule has 1 N–H and O–H groups in total. The van der Waals surface area contributed by atoms with Crippen molar-refractivity contribution in [1.82, 2.24) is 4.98 Å². The maximum atomic E-state index is 9.85. The molecule has 0 aliphatic rings. The van der Waals surface area contributed by atoms with Crippen molar-refractivity contribution in [2.75, 3.05) is 0 Å². The van der Waals surface area contributed by atoms with Gasteiger partial charge in [-0.25, -0.2) is 4.79 Å². The molecule has 3 nitrogen and oxygen atoms in total. The molecule has 0 aliphatic carbocycles. The number of oxazole rings is 1. The van der Waals surface area contributed by atoms with Crippen LogP contribution in [0, 0.1) is 13.8 Å². The Balaban J connectivity index is 0.000000146. The molecule has 0 saturated carbocycles. The number of aromatic nitrogens is 1. The Bertz CT molecular complexity index is 391. The van der Waals surface area contributed by atoms with E-state index in [0.717, 1.165) is 0 Å². The molecular weight excluding hydrogens is 178 g/mol. The highest BCUT2D eigenvalue weighted by Crippen LogP contribution is 2.02. The Labute approximate surface area is 82.4 Å². The van der Waals surface area contributed by atoms with Crippen LogP contribution in [0.5, 0.6) is 0 Å². The lowest BCUT2D eigenvalue weighted by atomic mass is 10.1. The van der Waals surface area contributed by atoms with Gasteiger partial charge in [0.15, 0.2) is 0 Å². The minimum Gasteiger partial charge on any atom is -0.417 e. The van der Waals surface area contributed by atoms with Crippen LogP contribution < -0.4 is 5.76 Å². The number of hydrogen-bond donors (Lipinski definition) is 1. The van der Waals surface area contributed by atoms with Gasteiger partial charge in [-0.15, -0.1) is 0 Å². The molecule has 0 bridgehead atoms. The highest BCUT2D eigenvalue weighted by atomic mass is 16.4. The van der Waals surface area contributed by atoms with E-state index in [-0.39, 0.29) is 0 Å². The Morgan fingerprint density at radius 2 is 1.71 bits per heavy atom. The molecule has 0 unspecified atom stereocenters. The van der Waals surface area contributed by atoms with Gasteiger partial charge in [0.1, 0.15) is 6.26 Å². The second-order valence-corrected chi connectivity index (χ2v) is 2.94. The molecular formula is C11H13NO2. The van der Waals surface area contributed by atoms with Crippen LogP contribution in [-0.4, -0.2) is 4.98 Å². The van der Waals surface area contributed by atoms with E-state index in [1.165, 1.54) is 23.6 Å². The summed E-state index contributed by atoms with van der Waals surface area (Å²) in [6, 6.07) is 8.36. The first-order chi connectivity index (χ1) is 6.70. The zero-order valence-electron chi connectivity index (χ0n) is 8.28. The Morgan fingerprint density at radius 1 is 1.14 bits per heavy atom. The Hall–Kier alpha value is -1.77. The number of benzene rings is 1. The van der Waals surface area contributed by atoms with Gasteiger partial charge in [0.2, 0.25) is 0 Å². The van der Waals surface area contributed by atoms with Crippen molar-refractivity contribution >= 4 is 0 Å². The van der Waals surface area contributed by atoms with Crippen molar-refractivity contribution in [2.45, 2.75) is 13.8 Å². The first-order valence-electron chi connectivity index (χ1n) is 4.34. The molecule has 1 aromatic carbocycles.